The van der Waals surface area contributed by atoms with E-state index in [0.717, 1.165) is 57.5 Å². The van der Waals surface area contributed by atoms with E-state index >= 15 is 0 Å². The van der Waals surface area contributed by atoms with E-state index in [1.54, 1.807) is 22.3 Å². The number of halogens is 2. The van der Waals surface area contributed by atoms with Gasteiger partial charge in [0, 0.05) is 32.5 Å². The summed E-state index contributed by atoms with van der Waals surface area (Å²) in [6.07, 6.45) is 12.1. The fourth-order valence-corrected chi connectivity index (χ4v) is 12.3. The van der Waals surface area contributed by atoms with Gasteiger partial charge < -0.3 is 8.83 Å². The zero-order valence-electron chi connectivity index (χ0n) is 37.6. The van der Waals surface area contributed by atoms with E-state index in [1.807, 2.05) is 0 Å². The average molecular weight is 953 g/mol. The van der Waals surface area contributed by atoms with Gasteiger partial charge in [-0.05, 0) is 190 Å². The van der Waals surface area contributed by atoms with Crippen LogP contribution in [0.2, 0.25) is 12.1 Å². The molecule has 4 aromatic carbocycles. The standard InChI is InChI=1S/C56H58O2Si.2ClH.Zr/c1-33-15-25-51(57-33)45-29-47-43(27-37-11-9-13-41(37)53(47)35-17-21-39(22-18-35)55(3,4)5)49(45)31-59-32-50-44-28-38-12-10-14-42(38)54(36-19-23-40(24-20-36)56(6,7)8)48(44)30-46(50)52-26-16-34(2)58-52;;;/h15-30,49-50H,9-14,31-32H2,1-8H3;2*1H;/q;;;+2/p-2. The first-order valence-electron chi connectivity index (χ1n) is 22.6. The predicted molar refractivity (Wildman–Crippen MR) is 260 cm³/mol. The van der Waals surface area contributed by atoms with Crippen LogP contribution >= 0.6 is 17.0 Å². The van der Waals surface area contributed by atoms with E-state index in [2.05, 4.69) is 152 Å². The molecule has 4 aliphatic carbocycles. The van der Waals surface area contributed by atoms with E-state index in [4.69, 9.17) is 25.9 Å². The van der Waals surface area contributed by atoms with Crippen molar-refractivity contribution in [1.29, 1.82) is 0 Å². The van der Waals surface area contributed by atoms with Gasteiger partial charge in [0.1, 0.15) is 23.0 Å². The maximum atomic E-state index is 6.47. The van der Waals surface area contributed by atoms with E-state index < -0.39 is 20.8 Å². The molecule has 10 rings (SSSR count). The van der Waals surface area contributed by atoms with Crippen LogP contribution < -0.4 is 0 Å². The van der Waals surface area contributed by atoms with Crippen molar-refractivity contribution in [2.24, 2.45) is 0 Å². The van der Waals surface area contributed by atoms with Crippen molar-refractivity contribution in [3.8, 4) is 22.3 Å². The van der Waals surface area contributed by atoms with Gasteiger partial charge in [0.2, 0.25) is 0 Å². The summed E-state index contributed by atoms with van der Waals surface area (Å²) in [5.41, 5.74) is 23.4. The Morgan fingerprint density at radius 2 is 0.952 bits per heavy atom. The molecule has 0 spiro atoms. The third-order valence-electron chi connectivity index (χ3n) is 13.9. The Kier molecular flexibility index (Phi) is 12.4. The van der Waals surface area contributed by atoms with Crippen LogP contribution in [0.4, 0.5) is 0 Å². The Labute approximate surface area is 391 Å². The Bertz CT molecular complexity index is 2510. The Morgan fingerprint density at radius 1 is 0.565 bits per heavy atom. The molecule has 6 aromatic rings. The molecule has 0 amide bonds. The van der Waals surface area contributed by atoms with Crippen LogP contribution in [-0.2, 0) is 57.4 Å². The van der Waals surface area contributed by atoms with Crippen LogP contribution in [0.25, 0.3) is 45.6 Å². The summed E-state index contributed by atoms with van der Waals surface area (Å²) < 4.78 is 12.9. The number of hydrogen-bond acceptors (Lipinski definition) is 2. The number of rotatable bonds is 8. The summed E-state index contributed by atoms with van der Waals surface area (Å²) in [6, 6.07) is 35.1. The monoisotopic (exact) mass is 950 g/mol. The van der Waals surface area contributed by atoms with Crippen molar-refractivity contribution in [3.05, 3.63) is 164 Å². The fourth-order valence-electron chi connectivity index (χ4n) is 10.7. The van der Waals surface area contributed by atoms with Crippen molar-refractivity contribution >= 4 is 49.8 Å². The van der Waals surface area contributed by atoms with Gasteiger partial charge in [-0.15, -0.1) is 0 Å². The molecule has 2 radical (unpaired) electrons. The zero-order chi connectivity index (χ0) is 43.5. The second kappa shape index (κ2) is 17.5. The van der Waals surface area contributed by atoms with Gasteiger partial charge in [-0.2, -0.15) is 0 Å². The van der Waals surface area contributed by atoms with Crippen LogP contribution in [0.1, 0.15) is 145 Å². The summed E-state index contributed by atoms with van der Waals surface area (Å²) in [5.74, 6) is 4.59. The minimum atomic E-state index is -0.826. The SMILES string of the molecule is Cc1ccc(C2=Cc3c(cc4c(c3-c3ccc(C(C)(C)C)cc3)CCC4)C2C[Si]CC2C(c3ccc(C)o3)=Cc3c2cc2c(c3-c3ccc(C(C)(C)C)cc3)CCC2)o1.[Cl][Zr][Cl]. The normalized spacial score (nSPS) is 17.5. The van der Waals surface area contributed by atoms with E-state index in [-0.39, 0.29) is 10.8 Å². The molecule has 2 aromatic heterocycles. The molecule has 0 bridgehead atoms. The topological polar surface area (TPSA) is 26.3 Å². The molecule has 4 aliphatic rings. The number of aryl methyl sites for hydroxylation is 4. The summed E-state index contributed by atoms with van der Waals surface area (Å²) in [7, 11) is 10.6. The third-order valence-corrected chi connectivity index (χ3v) is 15.3. The summed E-state index contributed by atoms with van der Waals surface area (Å²) in [4.78, 5) is 0. The van der Waals surface area contributed by atoms with E-state index in [1.165, 1.54) is 92.5 Å². The predicted octanol–water partition coefficient (Wildman–Crippen LogP) is 16.3. The van der Waals surface area contributed by atoms with E-state index in [0.29, 0.717) is 11.8 Å². The molecule has 2 heterocycles. The van der Waals surface area contributed by atoms with Gasteiger partial charge in [-0.3, -0.25) is 0 Å². The number of furan rings is 2. The first-order chi connectivity index (χ1) is 29.7. The number of allylic oxidation sites excluding steroid dienone is 2. The van der Waals surface area contributed by atoms with Gasteiger partial charge >= 0.3 is 37.9 Å². The molecule has 2 atom stereocenters. The zero-order valence-corrected chi connectivity index (χ0v) is 42.6. The fraction of sp³-hybridized carbons (Fsp3) is 0.357. The molecule has 316 valence electrons. The van der Waals surface area contributed by atoms with Gasteiger partial charge in [-0.25, -0.2) is 0 Å². The summed E-state index contributed by atoms with van der Waals surface area (Å²) in [5, 5.41) is 0. The second-order valence-corrected chi connectivity index (χ2v) is 25.0. The number of hydrogen-bond donors (Lipinski definition) is 0. The minimum absolute atomic E-state index is 0.124. The molecule has 0 aliphatic heterocycles. The summed E-state index contributed by atoms with van der Waals surface area (Å²) >= 11 is -0.826. The van der Waals surface area contributed by atoms with Gasteiger partial charge in [-0.1, -0.05) is 102 Å². The second-order valence-electron chi connectivity index (χ2n) is 20.0. The van der Waals surface area contributed by atoms with Gasteiger partial charge in [0.15, 0.2) is 0 Å². The molecular formula is C56H58Cl2O2SiZr. The van der Waals surface area contributed by atoms with Crippen LogP contribution in [0, 0.1) is 13.8 Å². The quantitative estimate of drug-likeness (QED) is 0.142. The van der Waals surface area contributed by atoms with Gasteiger partial charge in [0.25, 0.3) is 0 Å². The molecule has 0 saturated carbocycles. The maximum absolute atomic E-state index is 6.47. The molecule has 2 nitrogen and oxygen atoms in total. The van der Waals surface area contributed by atoms with E-state index in [9.17, 15) is 0 Å². The molecule has 0 saturated heterocycles. The Balaban J connectivity index is 0.00000159. The molecule has 6 heteroatoms. The molecule has 0 fully saturated rings. The van der Waals surface area contributed by atoms with Crippen molar-refractivity contribution < 1.29 is 29.7 Å². The number of fused-ring (bicyclic) bond motifs is 4. The van der Waals surface area contributed by atoms with Crippen molar-refractivity contribution in [1.82, 2.24) is 0 Å². The van der Waals surface area contributed by atoms with Crippen molar-refractivity contribution in [2.45, 2.75) is 129 Å². The van der Waals surface area contributed by atoms with Crippen molar-refractivity contribution in [2.75, 3.05) is 0 Å². The molecule has 0 N–H and O–H groups in total. The van der Waals surface area contributed by atoms with Crippen LogP contribution in [0.5, 0.6) is 0 Å². The van der Waals surface area contributed by atoms with Gasteiger partial charge in [0.05, 0.1) is 0 Å². The third kappa shape index (κ3) is 8.37. The average Bonchev–Trinajstić information content (AvgIpc) is 4.10. The summed E-state index contributed by atoms with van der Waals surface area (Å²) in [6.45, 7) is 18.0. The van der Waals surface area contributed by atoms with Crippen LogP contribution in [0.3, 0.4) is 0 Å². The Hall–Kier alpha value is -3.40. The Morgan fingerprint density at radius 3 is 1.29 bits per heavy atom. The molecule has 62 heavy (non-hydrogen) atoms. The first-order valence-corrected chi connectivity index (χ1v) is 30.3. The van der Waals surface area contributed by atoms with Crippen molar-refractivity contribution in [3.63, 3.8) is 0 Å². The molecular weight excluding hydrogens is 895 g/mol. The van der Waals surface area contributed by atoms with Crippen LogP contribution in [0.15, 0.2) is 93.8 Å². The van der Waals surface area contributed by atoms with Crippen LogP contribution in [-0.4, -0.2) is 9.52 Å². The first kappa shape index (κ1) is 43.8. The molecule has 2 unspecified atom stereocenters. The number of benzene rings is 4.